The van der Waals surface area contributed by atoms with Crippen LogP contribution in [0.25, 0.3) is 0 Å². The fourth-order valence-electron chi connectivity index (χ4n) is 2.36. The fraction of sp³-hybridized carbons (Fsp3) is 0.350. The summed E-state index contributed by atoms with van der Waals surface area (Å²) in [5, 5.41) is 16.7. The van der Waals surface area contributed by atoms with E-state index in [9.17, 15) is 14.9 Å². The van der Waals surface area contributed by atoms with Crippen molar-refractivity contribution in [3.63, 3.8) is 0 Å². The van der Waals surface area contributed by atoms with Crippen molar-refractivity contribution in [2.75, 3.05) is 19.6 Å². The first kappa shape index (κ1) is 21.2. The molecule has 0 aliphatic heterocycles. The van der Waals surface area contributed by atoms with Gasteiger partial charge in [-0.15, -0.1) is 0 Å². The van der Waals surface area contributed by atoms with Crippen LogP contribution in [0.5, 0.6) is 17.2 Å². The second kappa shape index (κ2) is 9.70. The normalized spacial score (nSPS) is 11.0. The van der Waals surface area contributed by atoms with Gasteiger partial charge in [0.2, 0.25) is 0 Å². The molecule has 2 rings (SSSR count). The van der Waals surface area contributed by atoms with Gasteiger partial charge >= 0.3 is 0 Å². The predicted octanol–water partition coefficient (Wildman–Crippen LogP) is 3.27. The largest absolute Gasteiger partial charge is 0.474 e. The van der Waals surface area contributed by atoms with E-state index in [1.807, 2.05) is 6.92 Å². The molecule has 0 spiro atoms. The molecular weight excluding hydrogens is 362 g/mol. The zero-order valence-corrected chi connectivity index (χ0v) is 16.2. The Hall–Kier alpha value is -3.13. The summed E-state index contributed by atoms with van der Waals surface area (Å²) < 4.78 is 11.7. The third kappa shape index (κ3) is 5.95. The molecule has 0 fully saturated rings. The van der Waals surface area contributed by atoms with Gasteiger partial charge in [0.15, 0.2) is 17.1 Å². The van der Waals surface area contributed by atoms with Crippen molar-refractivity contribution < 1.29 is 19.2 Å². The van der Waals surface area contributed by atoms with Crippen LogP contribution in [0.15, 0.2) is 48.5 Å². The smallest absolute Gasteiger partial charge is 0.269 e. The number of hydrogen-bond acceptors (Lipinski definition) is 6. The molecule has 0 bridgehead atoms. The molecule has 2 aromatic carbocycles. The van der Waals surface area contributed by atoms with Crippen molar-refractivity contribution in [1.82, 2.24) is 10.6 Å². The lowest BCUT2D eigenvalue weighted by Gasteiger charge is -2.26. The number of para-hydroxylation sites is 2. The molecule has 0 atom stereocenters. The number of nitro groups is 1. The van der Waals surface area contributed by atoms with E-state index in [1.54, 1.807) is 38.1 Å². The van der Waals surface area contributed by atoms with E-state index in [0.29, 0.717) is 30.3 Å². The minimum Gasteiger partial charge on any atom is -0.474 e. The number of carbonyl (C=O) groups is 1. The Kier molecular flexibility index (Phi) is 7.34. The summed E-state index contributed by atoms with van der Waals surface area (Å²) in [6.07, 6.45) is 0. The number of rotatable bonds is 10. The van der Waals surface area contributed by atoms with E-state index >= 15 is 0 Å². The fourth-order valence-corrected chi connectivity index (χ4v) is 2.36. The van der Waals surface area contributed by atoms with Crippen molar-refractivity contribution in [3.8, 4) is 17.2 Å². The van der Waals surface area contributed by atoms with Gasteiger partial charge in [-0.2, -0.15) is 0 Å². The van der Waals surface area contributed by atoms with Crippen LogP contribution in [0.2, 0.25) is 0 Å². The van der Waals surface area contributed by atoms with Crippen LogP contribution >= 0.6 is 0 Å². The molecular formula is C20H25N3O5. The van der Waals surface area contributed by atoms with E-state index < -0.39 is 10.5 Å². The molecule has 0 saturated heterocycles. The molecule has 2 aromatic rings. The number of carbonyl (C=O) groups excluding carboxylic acids is 1. The highest BCUT2D eigenvalue weighted by molar-refractivity contribution is 5.84. The summed E-state index contributed by atoms with van der Waals surface area (Å²) in [5.74, 6) is 0.989. The number of nitro benzene ring substituents is 1. The van der Waals surface area contributed by atoms with Crippen LogP contribution in [0.1, 0.15) is 20.8 Å². The van der Waals surface area contributed by atoms with Crippen molar-refractivity contribution in [2.24, 2.45) is 0 Å². The third-order valence-corrected chi connectivity index (χ3v) is 3.87. The molecule has 0 aliphatic carbocycles. The molecule has 1 amide bonds. The zero-order chi connectivity index (χ0) is 20.6. The standard InChI is InChI=1S/C20H25N3O5/c1-4-21-13-14-22-19(24)20(2,3)28-18-8-6-5-7-17(18)27-16-11-9-15(10-12-16)23(25)26/h5-12,21H,4,13-14H2,1-3H3,(H,22,24). The van der Waals surface area contributed by atoms with Gasteiger partial charge in [-0.3, -0.25) is 14.9 Å². The first-order chi connectivity index (χ1) is 13.3. The molecule has 0 unspecified atom stereocenters. The van der Waals surface area contributed by atoms with Crippen LogP contribution in [-0.4, -0.2) is 36.1 Å². The van der Waals surface area contributed by atoms with Gasteiger partial charge in [0, 0.05) is 25.2 Å². The first-order valence-corrected chi connectivity index (χ1v) is 9.03. The second-order valence-corrected chi connectivity index (χ2v) is 6.52. The van der Waals surface area contributed by atoms with Crippen molar-refractivity contribution in [1.29, 1.82) is 0 Å². The van der Waals surface area contributed by atoms with Crippen molar-refractivity contribution in [2.45, 2.75) is 26.4 Å². The maximum absolute atomic E-state index is 12.4. The first-order valence-electron chi connectivity index (χ1n) is 9.03. The number of benzene rings is 2. The summed E-state index contributed by atoms with van der Waals surface area (Å²) in [5.41, 5.74) is -1.13. The maximum Gasteiger partial charge on any atom is 0.269 e. The average molecular weight is 387 g/mol. The van der Waals surface area contributed by atoms with Gasteiger partial charge < -0.3 is 20.1 Å². The lowest BCUT2D eigenvalue weighted by atomic mass is 10.1. The highest BCUT2D eigenvalue weighted by atomic mass is 16.6. The number of nitrogens with one attached hydrogen (secondary N) is 2. The van der Waals surface area contributed by atoms with Crippen LogP contribution in [0.4, 0.5) is 5.69 Å². The Labute approximate surface area is 164 Å². The minimum atomic E-state index is -1.11. The molecule has 0 radical (unpaired) electrons. The van der Waals surface area contributed by atoms with Gasteiger partial charge in [0.1, 0.15) is 5.75 Å². The number of non-ortho nitro benzene ring substituents is 1. The van der Waals surface area contributed by atoms with Crippen molar-refractivity contribution >= 4 is 11.6 Å². The SMILES string of the molecule is CCNCCNC(=O)C(C)(C)Oc1ccccc1Oc1ccc([N+](=O)[O-])cc1. The Morgan fingerprint density at radius 2 is 1.71 bits per heavy atom. The summed E-state index contributed by atoms with van der Waals surface area (Å²) in [4.78, 5) is 22.7. The molecule has 2 N–H and O–H groups in total. The molecule has 0 aromatic heterocycles. The summed E-state index contributed by atoms with van der Waals surface area (Å²) >= 11 is 0. The predicted molar refractivity (Wildman–Crippen MR) is 106 cm³/mol. The van der Waals surface area contributed by atoms with Crippen molar-refractivity contribution in [3.05, 3.63) is 58.6 Å². The van der Waals surface area contributed by atoms with E-state index in [2.05, 4.69) is 10.6 Å². The maximum atomic E-state index is 12.4. The third-order valence-electron chi connectivity index (χ3n) is 3.87. The number of amides is 1. The number of ether oxygens (including phenoxy) is 2. The molecule has 150 valence electrons. The van der Waals surface area contributed by atoms with Crippen LogP contribution in [0, 0.1) is 10.1 Å². The summed E-state index contributed by atoms with van der Waals surface area (Å²) in [7, 11) is 0. The van der Waals surface area contributed by atoms with E-state index in [-0.39, 0.29) is 11.6 Å². The molecule has 0 aliphatic rings. The van der Waals surface area contributed by atoms with Gasteiger partial charge in [-0.25, -0.2) is 0 Å². The average Bonchev–Trinajstić information content (AvgIpc) is 2.67. The van der Waals surface area contributed by atoms with E-state index in [1.165, 1.54) is 24.3 Å². The Balaban J connectivity index is 2.08. The Morgan fingerprint density at radius 3 is 2.32 bits per heavy atom. The number of nitrogens with zero attached hydrogens (tertiary/aromatic N) is 1. The van der Waals surface area contributed by atoms with Gasteiger partial charge in [0.25, 0.3) is 11.6 Å². The Morgan fingerprint density at radius 1 is 1.07 bits per heavy atom. The van der Waals surface area contributed by atoms with E-state index in [0.717, 1.165) is 6.54 Å². The van der Waals surface area contributed by atoms with Gasteiger partial charge in [0.05, 0.1) is 4.92 Å². The summed E-state index contributed by atoms with van der Waals surface area (Å²) in [6.45, 7) is 7.37. The molecule has 8 heteroatoms. The highest BCUT2D eigenvalue weighted by Gasteiger charge is 2.30. The monoisotopic (exact) mass is 387 g/mol. The topological polar surface area (TPSA) is 103 Å². The quantitative estimate of drug-likeness (QED) is 0.368. The molecule has 28 heavy (non-hydrogen) atoms. The Bertz CT molecular complexity index is 806. The highest BCUT2D eigenvalue weighted by Crippen LogP contribution is 2.34. The van der Waals surface area contributed by atoms with Gasteiger partial charge in [-0.05, 0) is 44.7 Å². The number of hydrogen-bond donors (Lipinski definition) is 2. The second-order valence-electron chi connectivity index (χ2n) is 6.52. The van der Waals surface area contributed by atoms with Crippen LogP contribution in [-0.2, 0) is 4.79 Å². The minimum absolute atomic E-state index is 0.0211. The molecule has 0 saturated carbocycles. The van der Waals surface area contributed by atoms with E-state index in [4.69, 9.17) is 9.47 Å². The molecule has 8 nitrogen and oxygen atoms in total. The lowest BCUT2D eigenvalue weighted by molar-refractivity contribution is -0.384. The zero-order valence-electron chi connectivity index (χ0n) is 16.2. The van der Waals surface area contributed by atoms with Crippen LogP contribution < -0.4 is 20.1 Å². The van der Waals surface area contributed by atoms with Crippen LogP contribution in [0.3, 0.4) is 0 Å². The number of likely N-dealkylation sites (N-methyl/N-ethyl adjacent to an activating group) is 1. The molecule has 0 heterocycles. The summed E-state index contributed by atoms with van der Waals surface area (Å²) in [6, 6.07) is 12.7. The lowest BCUT2D eigenvalue weighted by Crippen LogP contribution is -2.48. The van der Waals surface area contributed by atoms with Gasteiger partial charge in [-0.1, -0.05) is 19.1 Å².